The highest BCUT2D eigenvalue weighted by Crippen LogP contribution is 2.37. The van der Waals surface area contributed by atoms with Crippen molar-refractivity contribution in [2.45, 2.75) is 51.9 Å². The Morgan fingerprint density at radius 2 is 1.66 bits per heavy atom. The van der Waals surface area contributed by atoms with Gasteiger partial charge in [-0.15, -0.1) is 0 Å². The van der Waals surface area contributed by atoms with Gasteiger partial charge in [-0.1, -0.05) is 61.7 Å². The Balaban J connectivity index is 1.74. The maximum absolute atomic E-state index is 15.0. The number of hydrogen-bond acceptors (Lipinski definition) is 0. The van der Waals surface area contributed by atoms with Crippen LogP contribution in [0.3, 0.4) is 0 Å². The van der Waals surface area contributed by atoms with E-state index in [0.29, 0.717) is 17.5 Å². The van der Waals surface area contributed by atoms with Crippen LogP contribution < -0.4 is 4.57 Å². The van der Waals surface area contributed by atoms with Crippen molar-refractivity contribution in [3.05, 3.63) is 89.3 Å². The average molecular weight is 426 g/mol. The highest BCUT2D eigenvalue weighted by atomic mass is 19.1. The van der Waals surface area contributed by atoms with Gasteiger partial charge in [-0.3, -0.25) is 0 Å². The van der Waals surface area contributed by atoms with Crippen molar-refractivity contribution in [2.24, 2.45) is 7.05 Å². The van der Waals surface area contributed by atoms with Crippen LogP contribution in [-0.2, 0) is 7.05 Å². The Morgan fingerprint density at radius 3 is 2.41 bits per heavy atom. The van der Waals surface area contributed by atoms with Gasteiger partial charge in [-0.2, -0.15) is 4.57 Å². The van der Waals surface area contributed by atoms with Crippen molar-refractivity contribution in [3.8, 4) is 22.4 Å². The van der Waals surface area contributed by atoms with Crippen LogP contribution in [0.2, 0.25) is 0 Å². The minimum Gasteiger partial charge on any atom is -0.206 e. The molecule has 4 aromatic rings. The molecule has 0 bridgehead atoms. The molecule has 162 valence electrons. The van der Waals surface area contributed by atoms with Crippen LogP contribution >= 0.6 is 0 Å². The van der Waals surface area contributed by atoms with E-state index < -0.39 is 0 Å². The quantitative estimate of drug-likeness (QED) is 0.295. The number of fused-ring (bicyclic) bond motifs is 1. The summed E-state index contributed by atoms with van der Waals surface area (Å²) < 4.78 is 26.0. The molecule has 0 unspecified atom stereocenters. The molecule has 0 saturated heterocycles. The molecule has 2 heteroatoms. The molecule has 1 fully saturated rings. The average Bonchev–Trinajstić information content (AvgIpc) is 2.85. The number of pyridine rings is 1. The number of aryl methyl sites for hydroxylation is 1. The second kappa shape index (κ2) is 8.50. The fraction of sp³-hybridized carbons (Fsp3) is 0.300. The molecule has 1 nitrogen and oxygen atoms in total. The number of hydrogen-bond donors (Lipinski definition) is 0. The third-order valence-corrected chi connectivity index (χ3v) is 7.18. The van der Waals surface area contributed by atoms with Crippen LogP contribution in [0.4, 0.5) is 4.39 Å². The zero-order valence-electron chi connectivity index (χ0n) is 20.2. The molecule has 5 rings (SSSR count). The zero-order chi connectivity index (χ0) is 23.1. The van der Waals surface area contributed by atoms with Gasteiger partial charge in [0.2, 0.25) is 5.69 Å². The van der Waals surface area contributed by atoms with E-state index >= 15 is 4.39 Å². The second-order valence-corrected chi connectivity index (χ2v) is 9.27. The maximum atomic E-state index is 15.0. The van der Waals surface area contributed by atoms with Crippen LogP contribution in [0, 0.1) is 19.7 Å². The van der Waals surface area contributed by atoms with Crippen molar-refractivity contribution >= 4 is 10.8 Å². The van der Waals surface area contributed by atoms with E-state index in [1.165, 1.54) is 37.7 Å². The molecule has 1 saturated carbocycles. The summed E-state index contributed by atoms with van der Waals surface area (Å²) in [5, 5.41) is 2.05. The van der Waals surface area contributed by atoms with Crippen molar-refractivity contribution < 1.29 is 10.3 Å². The highest BCUT2D eigenvalue weighted by molar-refractivity contribution is 5.95. The van der Waals surface area contributed by atoms with E-state index in [2.05, 4.69) is 22.8 Å². The number of benzene rings is 3. The van der Waals surface area contributed by atoms with Gasteiger partial charge in [0.25, 0.3) is 0 Å². The summed E-state index contributed by atoms with van der Waals surface area (Å²) in [6.45, 7) is 3.98. The largest absolute Gasteiger partial charge is 0.220 e. The summed E-state index contributed by atoms with van der Waals surface area (Å²) >= 11 is 0. The standard InChI is InChI=1S/C30H31FN/c1-20-16-29(31)28(23-12-8-5-9-13-23)19-27(20)30-26-15-14-24(22-10-6-4-7-11-22)18-25(26)17-21(2)32(30)3/h5,8-9,12-19,22H,4,6-7,10-11H2,1-3H3/q+1/i17D. The third-order valence-electron chi connectivity index (χ3n) is 7.18. The number of aromatic nitrogens is 1. The normalized spacial score (nSPS) is 15.2. The van der Waals surface area contributed by atoms with Crippen molar-refractivity contribution in [1.82, 2.24) is 0 Å². The minimum absolute atomic E-state index is 0.206. The fourth-order valence-electron chi connectivity index (χ4n) is 5.28. The maximum Gasteiger partial charge on any atom is 0.220 e. The van der Waals surface area contributed by atoms with Gasteiger partial charge in [-0.25, -0.2) is 4.39 Å². The fourth-order valence-corrected chi connectivity index (χ4v) is 5.28. The topological polar surface area (TPSA) is 3.88 Å². The predicted molar refractivity (Wildman–Crippen MR) is 131 cm³/mol. The first-order valence-electron chi connectivity index (χ1n) is 12.2. The molecule has 1 aromatic heterocycles. The lowest BCUT2D eigenvalue weighted by atomic mass is 9.83. The Kier molecular flexibility index (Phi) is 5.23. The van der Waals surface area contributed by atoms with Gasteiger partial charge >= 0.3 is 0 Å². The van der Waals surface area contributed by atoms with Crippen molar-refractivity contribution in [1.29, 1.82) is 0 Å². The molecule has 1 heterocycles. The molecule has 0 atom stereocenters. The summed E-state index contributed by atoms with van der Waals surface area (Å²) in [5.74, 6) is 0.389. The van der Waals surface area contributed by atoms with Gasteiger partial charge < -0.3 is 0 Å². The van der Waals surface area contributed by atoms with Crippen LogP contribution in [-0.4, -0.2) is 0 Å². The SMILES string of the molecule is [2H]c1c(C)[n+](C)c(-c2cc(-c3ccccc3)c(F)cc2C)c2ccc(C3CCCCC3)cc12. The molecule has 0 N–H and O–H groups in total. The van der Waals surface area contributed by atoms with Crippen LogP contribution in [0.25, 0.3) is 33.2 Å². The molecule has 1 aliphatic rings. The Hall–Kier alpha value is -3.00. The molecule has 3 aromatic carbocycles. The molecular weight excluding hydrogens is 393 g/mol. The lowest BCUT2D eigenvalue weighted by Gasteiger charge is -2.22. The molecule has 0 amide bonds. The number of halogens is 1. The smallest absolute Gasteiger partial charge is 0.206 e. The lowest BCUT2D eigenvalue weighted by Crippen LogP contribution is -2.35. The predicted octanol–water partition coefficient (Wildman–Crippen LogP) is 7.80. The van der Waals surface area contributed by atoms with Gasteiger partial charge in [0.05, 0.1) is 12.3 Å². The summed E-state index contributed by atoms with van der Waals surface area (Å²) in [4.78, 5) is 0. The Labute approximate surface area is 192 Å². The highest BCUT2D eigenvalue weighted by Gasteiger charge is 2.23. The van der Waals surface area contributed by atoms with Gasteiger partial charge in [0, 0.05) is 18.5 Å². The molecular formula is C30H31FN+. The van der Waals surface area contributed by atoms with E-state index in [4.69, 9.17) is 1.37 Å². The van der Waals surface area contributed by atoms with E-state index in [1.54, 1.807) is 6.07 Å². The summed E-state index contributed by atoms with van der Waals surface area (Å²) in [5.41, 5.74) is 6.71. The first kappa shape index (κ1) is 19.7. The Bertz CT molecular complexity index is 1340. The van der Waals surface area contributed by atoms with Crippen LogP contribution in [0.5, 0.6) is 0 Å². The summed E-state index contributed by atoms with van der Waals surface area (Å²) in [7, 11) is 2.02. The van der Waals surface area contributed by atoms with Crippen molar-refractivity contribution in [2.75, 3.05) is 0 Å². The van der Waals surface area contributed by atoms with Gasteiger partial charge in [0.1, 0.15) is 12.9 Å². The van der Waals surface area contributed by atoms with Crippen molar-refractivity contribution in [3.63, 3.8) is 0 Å². The second-order valence-electron chi connectivity index (χ2n) is 9.27. The first-order valence-corrected chi connectivity index (χ1v) is 11.7. The Morgan fingerprint density at radius 1 is 0.906 bits per heavy atom. The monoisotopic (exact) mass is 425 g/mol. The molecule has 0 aliphatic heterocycles. The molecule has 32 heavy (non-hydrogen) atoms. The number of rotatable bonds is 3. The molecule has 1 aliphatic carbocycles. The molecule has 0 radical (unpaired) electrons. The first-order chi connectivity index (χ1) is 16.0. The summed E-state index contributed by atoms with van der Waals surface area (Å²) in [6.07, 6.45) is 6.40. The number of nitrogens with zero attached hydrogens (tertiary/aromatic N) is 1. The van der Waals surface area contributed by atoms with E-state index in [1.807, 2.05) is 57.3 Å². The van der Waals surface area contributed by atoms with Gasteiger partial charge in [0.15, 0.2) is 5.69 Å². The van der Waals surface area contributed by atoms with E-state index in [9.17, 15) is 0 Å². The van der Waals surface area contributed by atoms with E-state index in [0.717, 1.165) is 38.9 Å². The van der Waals surface area contributed by atoms with Crippen LogP contribution in [0.15, 0.2) is 66.7 Å². The third kappa shape index (κ3) is 3.72. The molecule has 0 spiro atoms. The van der Waals surface area contributed by atoms with E-state index in [-0.39, 0.29) is 5.82 Å². The van der Waals surface area contributed by atoms with Gasteiger partial charge in [-0.05, 0) is 66.0 Å². The zero-order valence-corrected chi connectivity index (χ0v) is 19.2. The minimum atomic E-state index is -0.206. The van der Waals surface area contributed by atoms with Crippen LogP contribution in [0.1, 0.15) is 56.2 Å². The lowest BCUT2D eigenvalue weighted by molar-refractivity contribution is -0.665. The summed E-state index contributed by atoms with van der Waals surface area (Å²) in [6, 6.07) is 20.6.